The molecule has 2 aromatic rings. The molecule has 0 fully saturated rings. The maximum Gasteiger partial charge on any atom is 0.166 e. The van der Waals surface area contributed by atoms with Crippen LogP contribution in [0.4, 0.5) is 5.69 Å². The predicted molar refractivity (Wildman–Crippen MR) is 76.0 cm³/mol. The summed E-state index contributed by atoms with van der Waals surface area (Å²) in [4.78, 5) is 8.89. The Morgan fingerprint density at radius 3 is 2.47 bits per heavy atom. The minimum Gasteiger partial charge on any atom is -0.486 e. The first-order chi connectivity index (χ1) is 9.04. The van der Waals surface area contributed by atoms with Crippen molar-refractivity contribution in [1.82, 2.24) is 9.97 Å². The Morgan fingerprint density at radius 1 is 1.16 bits per heavy atom. The van der Waals surface area contributed by atoms with E-state index in [0.29, 0.717) is 18.3 Å². The van der Waals surface area contributed by atoms with Gasteiger partial charge in [-0.2, -0.15) is 0 Å². The number of hydrogen-bond acceptors (Lipinski definition) is 4. The molecule has 0 atom stereocenters. The molecule has 1 aromatic heterocycles. The van der Waals surface area contributed by atoms with Crippen LogP contribution >= 0.6 is 0 Å². The topological polar surface area (TPSA) is 61.0 Å². The number of rotatable bonds is 4. The molecule has 0 aliphatic heterocycles. The molecule has 0 radical (unpaired) electrons. The Morgan fingerprint density at radius 2 is 1.84 bits per heavy atom. The molecule has 0 spiro atoms. The summed E-state index contributed by atoms with van der Waals surface area (Å²) in [5.74, 6) is 1.86. The molecule has 0 amide bonds. The molecule has 2 N–H and O–H groups in total. The molecule has 0 aliphatic carbocycles. The van der Waals surface area contributed by atoms with Gasteiger partial charge in [0.2, 0.25) is 0 Å². The van der Waals surface area contributed by atoms with Gasteiger partial charge in [0.25, 0.3) is 0 Å². The van der Waals surface area contributed by atoms with Crippen molar-refractivity contribution in [3.63, 3.8) is 0 Å². The fraction of sp³-hybridized carbons (Fsp3) is 0.333. The average molecular weight is 257 g/mol. The maximum absolute atomic E-state index is 5.66. The van der Waals surface area contributed by atoms with Crippen molar-refractivity contribution in [2.24, 2.45) is 0 Å². The number of hydrogen-bond donors (Lipinski definition) is 1. The van der Waals surface area contributed by atoms with Crippen molar-refractivity contribution < 1.29 is 4.74 Å². The van der Waals surface area contributed by atoms with Gasteiger partial charge in [0, 0.05) is 17.1 Å². The van der Waals surface area contributed by atoms with Gasteiger partial charge in [-0.05, 0) is 43.2 Å². The molecule has 2 rings (SSSR count). The van der Waals surface area contributed by atoms with E-state index in [2.05, 4.69) is 23.8 Å². The molecule has 0 unspecified atom stereocenters. The van der Waals surface area contributed by atoms with Crippen LogP contribution in [-0.2, 0) is 6.61 Å². The highest BCUT2D eigenvalue weighted by molar-refractivity contribution is 5.41. The van der Waals surface area contributed by atoms with E-state index in [1.807, 2.05) is 37.3 Å². The lowest BCUT2D eigenvalue weighted by molar-refractivity contribution is 0.295. The standard InChI is InChI=1S/C15H19N3O/c1-10(2)14-8-11(3)17-15(18-14)9-19-13-6-4-12(16)5-7-13/h4-8,10H,9,16H2,1-3H3. The summed E-state index contributed by atoms with van der Waals surface area (Å²) in [6.07, 6.45) is 0. The molecule has 1 heterocycles. The third kappa shape index (κ3) is 3.68. The van der Waals surface area contributed by atoms with Crippen LogP contribution in [0.2, 0.25) is 0 Å². The largest absolute Gasteiger partial charge is 0.486 e. The second-order valence-electron chi connectivity index (χ2n) is 4.86. The summed E-state index contributed by atoms with van der Waals surface area (Å²) in [6.45, 7) is 6.57. The van der Waals surface area contributed by atoms with E-state index in [0.717, 1.165) is 22.8 Å². The lowest BCUT2D eigenvalue weighted by Gasteiger charge is -2.09. The van der Waals surface area contributed by atoms with Crippen molar-refractivity contribution in [3.8, 4) is 5.75 Å². The van der Waals surface area contributed by atoms with Crippen molar-refractivity contribution >= 4 is 5.69 Å². The summed E-state index contributed by atoms with van der Waals surface area (Å²) in [6, 6.07) is 9.32. The number of nitrogens with two attached hydrogens (primary N) is 1. The van der Waals surface area contributed by atoms with Gasteiger partial charge in [0.15, 0.2) is 5.82 Å². The van der Waals surface area contributed by atoms with Gasteiger partial charge >= 0.3 is 0 Å². The molecular weight excluding hydrogens is 238 g/mol. The number of anilines is 1. The summed E-state index contributed by atoms with van der Waals surface area (Å²) in [5, 5.41) is 0. The van der Waals surface area contributed by atoms with Gasteiger partial charge in [-0.25, -0.2) is 9.97 Å². The molecule has 100 valence electrons. The minimum absolute atomic E-state index is 0.366. The minimum atomic E-state index is 0.366. The molecule has 19 heavy (non-hydrogen) atoms. The van der Waals surface area contributed by atoms with Crippen molar-refractivity contribution in [2.45, 2.75) is 33.3 Å². The average Bonchev–Trinajstić information content (AvgIpc) is 2.37. The summed E-state index contributed by atoms with van der Waals surface area (Å²) >= 11 is 0. The Hall–Kier alpha value is -2.10. The molecule has 0 aliphatic rings. The molecule has 0 saturated heterocycles. The first-order valence-electron chi connectivity index (χ1n) is 6.37. The van der Waals surface area contributed by atoms with Crippen LogP contribution in [0.5, 0.6) is 5.75 Å². The van der Waals surface area contributed by atoms with E-state index in [-0.39, 0.29) is 0 Å². The lowest BCUT2D eigenvalue weighted by atomic mass is 10.1. The Bertz CT molecular complexity index is 550. The molecule has 0 saturated carbocycles. The van der Waals surface area contributed by atoms with E-state index < -0.39 is 0 Å². The quantitative estimate of drug-likeness (QED) is 0.855. The van der Waals surface area contributed by atoms with E-state index in [9.17, 15) is 0 Å². The van der Waals surface area contributed by atoms with Crippen LogP contribution in [0.15, 0.2) is 30.3 Å². The Kier molecular flexibility index (Phi) is 4.00. The molecule has 1 aromatic carbocycles. The van der Waals surface area contributed by atoms with Gasteiger partial charge in [-0.15, -0.1) is 0 Å². The monoisotopic (exact) mass is 257 g/mol. The molecule has 4 nitrogen and oxygen atoms in total. The zero-order chi connectivity index (χ0) is 13.8. The molecule has 0 bridgehead atoms. The van der Waals surface area contributed by atoms with Crippen LogP contribution in [0, 0.1) is 6.92 Å². The second kappa shape index (κ2) is 5.69. The third-order valence-electron chi connectivity index (χ3n) is 2.76. The summed E-state index contributed by atoms with van der Waals surface area (Å²) in [5.41, 5.74) is 8.36. The van der Waals surface area contributed by atoms with Gasteiger partial charge < -0.3 is 10.5 Å². The van der Waals surface area contributed by atoms with Crippen molar-refractivity contribution in [2.75, 3.05) is 5.73 Å². The fourth-order valence-electron chi connectivity index (χ4n) is 1.73. The summed E-state index contributed by atoms with van der Waals surface area (Å²) < 4.78 is 5.66. The number of nitrogen functional groups attached to an aromatic ring is 1. The van der Waals surface area contributed by atoms with E-state index >= 15 is 0 Å². The van der Waals surface area contributed by atoms with Gasteiger partial charge in [0.1, 0.15) is 12.4 Å². The van der Waals surface area contributed by atoms with Crippen molar-refractivity contribution in [3.05, 3.63) is 47.5 Å². The van der Waals surface area contributed by atoms with E-state index in [1.165, 1.54) is 0 Å². The molecule has 4 heteroatoms. The number of aromatic nitrogens is 2. The highest BCUT2D eigenvalue weighted by Gasteiger charge is 2.06. The van der Waals surface area contributed by atoms with Crippen LogP contribution in [0.25, 0.3) is 0 Å². The Balaban J connectivity index is 2.08. The first-order valence-corrected chi connectivity index (χ1v) is 6.37. The predicted octanol–water partition coefficient (Wildman–Crippen LogP) is 3.07. The van der Waals surface area contributed by atoms with Crippen LogP contribution in [0.1, 0.15) is 37.0 Å². The highest BCUT2D eigenvalue weighted by Crippen LogP contribution is 2.16. The van der Waals surface area contributed by atoms with Crippen LogP contribution in [-0.4, -0.2) is 9.97 Å². The van der Waals surface area contributed by atoms with Crippen LogP contribution < -0.4 is 10.5 Å². The second-order valence-corrected chi connectivity index (χ2v) is 4.86. The maximum atomic E-state index is 5.66. The number of ether oxygens (including phenoxy) is 1. The van der Waals surface area contributed by atoms with E-state index in [4.69, 9.17) is 10.5 Å². The molecular formula is C15H19N3O. The third-order valence-corrected chi connectivity index (χ3v) is 2.76. The number of aryl methyl sites for hydroxylation is 1. The van der Waals surface area contributed by atoms with E-state index in [1.54, 1.807) is 0 Å². The highest BCUT2D eigenvalue weighted by atomic mass is 16.5. The van der Waals surface area contributed by atoms with Gasteiger partial charge in [-0.3, -0.25) is 0 Å². The summed E-state index contributed by atoms with van der Waals surface area (Å²) in [7, 11) is 0. The lowest BCUT2D eigenvalue weighted by Crippen LogP contribution is -2.06. The Labute approximate surface area is 113 Å². The number of nitrogens with zero attached hydrogens (tertiary/aromatic N) is 2. The van der Waals surface area contributed by atoms with Gasteiger partial charge in [0.05, 0.1) is 0 Å². The zero-order valence-corrected chi connectivity index (χ0v) is 11.6. The van der Waals surface area contributed by atoms with Crippen molar-refractivity contribution in [1.29, 1.82) is 0 Å². The SMILES string of the molecule is Cc1cc(C(C)C)nc(COc2ccc(N)cc2)n1. The van der Waals surface area contributed by atoms with Crippen LogP contribution in [0.3, 0.4) is 0 Å². The zero-order valence-electron chi connectivity index (χ0n) is 11.6. The fourth-order valence-corrected chi connectivity index (χ4v) is 1.73. The van der Waals surface area contributed by atoms with Gasteiger partial charge in [-0.1, -0.05) is 13.8 Å². The smallest absolute Gasteiger partial charge is 0.166 e. The number of benzene rings is 1. The first kappa shape index (κ1) is 13.3. The normalized spacial score (nSPS) is 10.7.